The first kappa shape index (κ1) is 14.5. The van der Waals surface area contributed by atoms with Crippen LogP contribution in [0.2, 0.25) is 0 Å². The van der Waals surface area contributed by atoms with Crippen LogP contribution in [-0.2, 0) is 11.3 Å². The molecule has 4 heteroatoms. The van der Waals surface area contributed by atoms with E-state index in [-0.39, 0.29) is 0 Å². The molecule has 0 aliphatic carbocycles. The lowest BCUT2D eigenvalue weighted by Gasteiger charge is -2.27. The number of hydrogen-bond acceptors (Lipinski definition) is 3. The van der Waals surface area contributed by atoms with Gasteiger partial charge in [0.1, 0.15) is 0 Å². The Balaban J connectivity index is 1.65. The third kappa shape index (κ3) is 3.44. The molecule has 1 aromatic carbocycles. The van der Waals surface area contributed by atoms with E-state index in [1.165, 1.54) is 11.1 Å². The molecular weight excluding hydrogens is 262 g/mol. The minimum absolute atomic E-state index is 0.312. The fourth-order valence-corrected chi connectivity index (χ4v) is 3.46. The van der Waals surface area contributed by atoms with Gasteiger partial charge in [-0.15, -0.1) is 0 Å². The van der Waals surface area contributed by atoms with E-state index in [9.17, 15) is 4.79 Å². The second kappa shape index (κ2) is 6.58. The SMILES string of the molecule is CC(CN1CCCC1=O)NC1CCNCc2ccccc21. The molecule has 1 fully saturated rings. The summed E-state index contributed by atoms with van der Waals surface area (Å²) in [5.41, 5.74) is 2.79. The summed E-state index contributed by atoms with van der Waals surface area (Å²) in [5.74, 6) is 0.312. The first-order valence-electron chi connectivity index (χ1n) is 8.06. The van der Waals surface area contributed by atoms with Gasteiger partial charge in [0, 0.05) is 38.1 Å². The minimum atomic E-state index is 0.312. The molecule has 0 aromatic heterocycles. The van der Waals surface area contributed by atoms with Gasteiger partial charge in [-0.1, -0.05) is 24.3 Å². The van der Waals surface area contributed by atoms with Crippen LogP contribution in [0.25, 0.3) is 0 Å². The topological polar surface area (TPSA) is 44.4 Å². The summed E-state index contributed by atoms with van der Waals surface area (Å²) in [6.07, 6.45) is 2.83. The number of benzene rings is 1. The maximum Gasteiger partial charge on any atom is 0.222 e. The number of nitrogens with zero attached hydrogens (tertiary/aromatic N) is 1. The zero-order valence-electron chi connectivity index (χ0n) is 12.8. The average molecular weight is 287 g/mol. The number of likely N-dealkylation sites (tertiary alicyclic amines) is 1. The van der Waals surface area contributed by atoms with E-state index in [1.54, 1.807) is 0 Å². The van der Waals surface area contributed by atoms with Crippen molar-refractivity contribution in [2.24, 2.45) is 0 Å². The molecular formula is C17H25N3O. The standard InChI is InChI=1S/C17H25N3O/c1-13(12-20-10-4-7-17(20)21)19-16-8-9-18-11-14-5-2-3-6-15(14)16/h2-3,5-6,13,16,18-19H,4,7-12H2,1H3. The molecule has 0 saturated carbocycles. The highest BCUT2D eigenvalue weighted by Gasteiger charge is 2.24. The molecule has 2 N–H and O–H groups in total. The molecule has 2 heterocycles. The number of carbonyl (C=O) groups excluding carboxylic acids is 1. The Labute approximate surface area is 126 Å². The lowest BCUT2D eigenvalue weighted by atomic mass is 9.98. The summed E-state index contributed by atoms with van der Waals surface area (Å²) in [4.78, 5) is 13.7. The third-order valence-electron chi connectivity index (χ3n) is 4.51. The zero-order chi connectivity index (χ0) is 14.7. The number of carbonyl (C=O) groups is 1. The lowest BCUT2D eigenvalue weighted by molar-refractivity contribution is -0.127. The third-order valence-corrected chi connectivity index (χ3v) is 4.51. The second-order valence-corrected chi connectivity index (χ2v) is 6.23. The van der Waals surface area contributed by atoms with Gasteiger partial charge < -0.3 is 15.5 Å². The van der Waals surface area contributed by atoms with Crippen molar-refractivity contribution in [3.8, 4) is 0 Å². The molecule has 1 aromatic rings. The molecule has 2 aliphatic heterocycles. The van der Waals surface area contributed by atoms with Crippen molar-refractivity contribution in [1.29, 1.82) is 0 Å². The Kier molecular flexibility index (Phi) is 4.56. The largest absolute Gasteiger partial charge is 0.341 e. The van der Waals surface area contributed by atoms with E-state index in [2.05, 4.69) is 41.8 Å². The summed E-state index contributed by atoms with van der Waals surface area (Å²) >= 11 is 0. The number of amides is 1. The van der Waals surface area contributed by atoms with Crippen LogP contribution in [0.15, 0.2) is 24.3 Å². The van der Waals surface area contributed by atoms with E-state index < -0.39 is 0 Å². The molecule has 2 aliphatic rings. The molecule has 1 saturated heterocycles. The minimum Gasteiger partial charge on any atom is -0.341 e. The molecule has 0 spiro atoms. The van der Waals surface area contributed by atoms with Crippen molar-refractivity contribution < 1.29 is 4.79 Å². The first-order chi connectivity index (χ1) is 10.2. The van der Waals surface area contributed by atoms with Crippen LogP contribution in [0.3, 0.4) is 0 Å². The van der Waals surface area contributed by atoms with Crippen molar-refractivity contribution >= 4 is 5.91 Å². The molecule has 0 bridgehead atoms. The summed E-state index contributed by atoms with van der Waals surface area (Å²) in [5, 5.41) is 7.21. The van der Waals surface area contributed by atoms with E-state index in [0.29, 0.717) is 18.0 Å². The monoisotopic (exact) mass is 287 g/mol. The Hall–Kier alpha value is -1.39. The Morgan fingerprint density at radius 2 is 2.29 bits per heavy atom. The average Bonchev–Trinajstić information content (AvgIpc) is 2.77. The van der Waals surface area contributed by atoms with Crippen molar-refractivity contribution in [3.63, 3.8) is 0 Å². The fourth-order valence-electron chi connectivity index (χ4n) is 3.46. The van der Waals surface area contributed by atoms with Crippen molar-refractivity contribution in [2.45, 2.75) is 44.8 Å². The predicted octanol–water partition coefficient (Wildman–Crippen LogP) is 1.82. The quantitative estimate of drug-likeness (QED) is 0.888. The van der Waals surface area contributed by atoms with Crippen molar-refractivity contribution in [2.75, 3.05) is 19.6 Å². The van der Waals surface area contributed by atoms with E-state index >= 15 is 0 Å². The van der Waals surface area contributed by atoms with Gasteiger partial charge in [-0.05, 0) is 37.4 Å². The highest BCUT2D eigenvalue weighted by molar-refractivity contribution is 5.78. The van der Waals surface area contributed by atoms with Crippen LogP contribution in [0, 0.1) is 0 Å². The van der Waals surface area contributed by atoms with Crippen LogP contribution in [0.1, 0.15) is 43.4 Å². The molecule has 4 nitrogen and oxygen atoms in total. The maximum absolute atomic E-state index is 11.7. The molecule has 2 atom stereocenters. The Morgan fingerprint density at radius 3 is 3.10 bits per heavy atom. The van der Waals surface area contributed by atoms with Gasteiger partial charge in [0.25, 0.3) is 0 Å². The second-order valence-electron chi connectivity index (χ2n) is 6.23. The van der Waals surface area contributed by atoms with Crippen LogP contribution >= 0.6 is 0 Å². The van der Waals surface area contributed by atoms with Crippen molar-refractivity contribution in [3.05, 3.63) is 35.4 Å². The number of fused-ring (bicyclic) bond motifs is 1. The van der Waals surface area contributed by atoms with Gasteiger partial charge >= 0.3 is 0 Å². The summed E-state index contributed by atoms with van der Waals surface area (Å²) in [6, 6.07) is 9.36. The molecule has 114 valence electrons. The first-order valence-corrected chi connectivity index (χ1v) is 8.06. The van der Waals surface area contributed by atoms with Gasteiger partial charge in [-0.25, -0.2) is 0 Å². The Morgan fingerprint density at radius 1 is 1.43 bits per heavy atom. The molecule has 1 amide bonds. The number of nitrogens with one attached hydrogen (secondary N) is 2. The van der Waals surface area contributed by atoms with Gasteiger partial charge in [-0.2, -0.15) is 0 Å². The summed E-state index contributed by atoms with van der Waals surface area (Å²) in [7, 11) is 0. The highest BCUT2D eigenvalue weighted by atomic mass is 16.2. The predicted molar refractivity (Wildman–Crippen MR) is 83.9 cm³/mol. The van der Waals surface area contributed by atoms with Gasteiger partial charge in [0.2, 0.25) is 5.91 Å². The molecule has 3 rings (SSSR count). The van der Waals surface area contributed by atoms with Crippen LogP contribution in [0.4, 0.5) is 0 Å². The zero-order valence-corrected chi connectivity index (χ0v) is 12.8. The molecule has 21 heavy (non-hydrogen) atoms. The van der Waals surface area contributed by atoms with E-state index in [4.69, 9.17) is 0 Å². The molecule has 0 radical (unpaired) electrons. The van der Waals surface area contributed by atoms with Crippen molar-refractivity contribution in [1.82, 2.24) is 15.5 Å². The fraction of sp³-hybridized carbons (Fsp3) is 0.588. The summed E-state index contributed by atoms with van der Waals surface area (Å²) < 4.78 is 0. The normalized spacial score (nSPS) is 23.8. The highest BCUT2D eigenvalue weighted by Crippen LogP contribution is 2.24. The van der Waals surface area contributed by atoms with Gasteiger partial charge in [0.15, 0.2) is 0 Å². The lowest BCUT2D eigenvalue weighted by Crippen LogP contribution is -2.41. The van der Waals surface area contributed by atoms with Gasteiger partial charge in [0.05, 0.1) is 0 Å². The smallest absolute Gasteiger partial charge is 0.222 e. The van der Waals surface area contributed by atoms with E-state index in [0.717, 1.165) is 45.4 Å². The Bertz CT molecular complexity index is 503. The number of rotatable bonds is 4. The summed E-state index contributed by atoms with van der Waals surface area (Å²) in [6.45, 7) is 5.92. The van der Waals surface area contributed by atoms with Crippen LogP contribution in [-0.4, -0.2) is 36.5 Å². The van der Waals surface area contributed by atoms with Gasteiger partial charge in [-0.3, -0.25) is 4.79 Å². The maximum atomic E-state index is 11.7. The van der Waals surface area contributed by atoms with Crippen LogP contribution in [0.5, 0.6) is 0 Å². The number of hydrogen-bond donors (Lipinski definition) is 2. The van der Waals surface area contributed by atoms with E-state index in [1.807, 2.05) is 4.90 Å². The van der Waals surface area contributed by atoms with Crippen LogP contribution < -0.4 is 10.6 Å². The molecule has 2 unspecified atom stereocenters.